The summed E-state index contributed by atoms with van der Waals surface area (Å²) < 4.78 is 0. The maximum absolute atomic E-state index is 2.31. The number of quaternary nitrogens is 1. The molecule has 0 fully saturated rings. The highest BCUT2D eigenvalue weighted by molar-refractivity contribution is 4.47. The zero-order chi connectivity index (χ0) is 18.4. The molecular formula is C24H52N+. The third-order valence-corrected chi connectivity index (χ3v) is 5.65. The lowest BCUT2D eigenvalue weighted by molar-refractivity contribution is -0.900. The number of hydrogen-bond donors (Lipinski definition) is 1. The lowest BCUT2D eigenvalue weighted by atomic mass is 10.1. The Labute approximate surface area is 161 Å². The lowest BCUT2D eigenvalue weighted by Gasteiger charge is -2.19. The average Bonchev–Trinajstić information content (AvgIpc) is 2.63. The SMILES string of the molecule is CCCCCCCC[NH+](CCCCCCCC)CCCCCCCC. The molecule has 0 bridgehead atoms. The van der Waals surface area contributed by atoms with Crippen molar-refractivity contribution in [2.24, 2.45) is 0 Å². The van der Waals surface area contributed by atoms with Gasteiger partial charge in [0.15, 0.2) is 0 Å². The average molecular weight is 355 g/mol. The van der Waals surface area contributed by atoms with Crippen LogP contribution in [0.1, 0.15) is 136 Å². The lowest BCUT2D eigenvalue weighted by Crippen LogP contribution is -3.12. The highest BCUT2D eigenvalue weighted by atomic mass is 15.1. The van der Waals surface area contributed by atoms with Gasteiger partial charge in [0.1, 0.15) is 0 Å². The molecule has 0 aromatic heterocycles. The summed E-state index contributed by atoms with van der Waals surface area (Å²) in [5.41, 5.74) is 0. The van der Waals surface area contributed by atoms with E-state index >= 15 is 0 Å². The molecule has 0 rings (SSSR count). The summed E-state index contributed by atoms with van der Waals surface area (Å²) in [6, 6.07) is 0. The van der Waals surface area contributed by atoms with E-state index in [9.17, 15) is 0 Å². The second kappa shape index (κ2) is 22.0. The molecule has 0 spiro atoms. The molecule has 0 aromatic carbocycles. The molecule has 0 unspecified atom stereocenters. The minimum atomic E-state index is 1.37. The van der Waals surface area contributed by atoms with Crippen LogP contribution < -0.4 is 4.90 Å². The molecule has 0 aliphatic carbocycles. The zero-order valence-corrected chi connectivity index (χ0v) is 18.3. The van der Waals surface area contributed by atoms with Crippen LogP contribution >= 0.6 is 0 Å². The standard InChI is InChI=1S/C24H51N/c1-4-7-10-13-16-19-22-25(23-20-17-14-11-8-5-2)24-21-18-15-12-9-6-3/h4-24H2,1-3H3/p+1. The number of rotatable bonds is 21. The van der Waals surface area contributed by atoms with Crippen LogP contribution in [0.25, 0.3) is 0 Å². The van der Waals surface area contributed by atoms with Gasteiger partial charge in [0.05, 0.1) is 19.6 Å². The maximum atomic E-state index is 2.31. The van der Waals surface area contributed by atoms with Crippen LogP contribution in [0, 0.1) is 0 Å². The fraction of sp³-hybridized carbons (Fsp3) is 1.00. The maximum Gasteiger partial charge on any atom is 0.0770 e. The van der Waals surface area contributed by atoms with Crippen LogP contribution in [-0.2, 0) is 0 Å². The molecule has 1 N–H and O–H groups in total. The topological polar surface area (TPSA) is 4.44 Å². The first-order valence-electron chi connectivity index (χ1n) is 12.2. The van der Waals surface area contributed by atoms with Crippen molar-refractivity contribution in [3.8, 4) is 0 Å². The molecule has 0 saturated heterocycles. The molecule has 1 nitrogen and oxygen atoms in total. The van der Waals surface area contributed by atoms with Crippen molar-refractivity contribution in [1.29, 1.82) is 0 Å². The van der Waals surface area contributed by atoms with E-state index in [1.807, 2.05) is 4.90 Å². The highest BCUT2D eigenvalue weighted by Crippen LogP contribution is 2.06. The van der Waals surface area contributed by atoms with E-state index in [4.69, 9.17) is 0 Å². The molecule has 0 aliphatic rings. The van der Waals surface area contributed by atoms with E-state index in [0.717, 1.165) is 0 Å². The molecule has 0 aliphatic heterocycles. The number of hydrogen-bond acceptors (Lipinski definition) is 0. The Kier molecular flexibility index (Phi) is 22.0. The minimum Gasteiger partial charge on any atom is -0.335 e. The van der Waals surface area contributed by atoms with E-state index in [0.29, 0.717) is 0 Å². The summed E-state index contributed by atoms with van der Waals surface area (Å²) in [6.45, 7) is 11.3. The molecule has 0 atom stereocenters. The molecule has 1 heteroatoms. The van der Waals surface area contributed by atoms with E-state index in [1.54, 1.807) is 0 Å². The molecule has 0 saturated carbocycles. The first-order chi connectivity index (χ1) is 12.3. The van der Waals surface area contributed by atoms with Gasteiger partial charge in [-0.15, -0.1) is 0 Å². The van der Waals surface area contributed by atoms with Crippen LogP contribution in [0.4, 0.5) is 0 Å². The Balaban J connectivity index is 3.76. The Morgan fingerprint density at radius 1 is 0.320 bits per heavy atom. The van der Waals surface area contributed by atoms with Gasteiger partial charge in [-0.05, 0) is 38.5 Å². The van der Waals surface area contributed by atoms with E-state index in [2.05, 4.69) is 20.8 Å². The van der Waals surface area contributed by atoms with E-state index < -0.39 is 0 Å². The molecule has 25 heavy (non-hydrogen) atoms. The van der Waals surface area contributed by atoms with Crippen LogP contribution in [0.15, 0.2) is 0 Å². The van der Waals surface area contributed by atoms with Crippen LogP contribution in [0.5, 0.6) is 0 Å². The minimum absolute atomic E-state index is 1.37. The Bertz CT molecular complexity index is 188. The smallest absolute Gasteiger partial charge is 0.0770 e. The third kappa shape index (κ3) is 20.1. The molecule has 152 valence electrons. The largest absolute Gasteiger partial charge is 0.335 e. The van der Waals surface area contributed by atoms with E-state index in [-0.39, 0.29) is 0 Å². The Morgan fingerprint density at radius 2 is 0.560 bits per heavy atom. The van der Waals surface area contributed by atoms with Crippen molar-refractivity contribution in [3.63, 3.8) is 0 Å². The van der Waals surface area contributed by atoms with Gasteiger partial charge in [-0.25, -0.2) is 0 Å². The van der Waals surface area contributed by atoms with Gasteiger partial charge in [-0.1, -0.05) is 97.8 Å². The predicted molar refractivity (Wildman–Crippen MR) is 116 cm³/mol. The van der Waals surface area contributed by atoms with Crippen LogP contribution in [-0.4, -0.2) is 19.6 Å². The number of unbranched alkanes of at least 4 members (excludes halogenated alkanes) is 15. The monoisotopic (exact) mass is 354 g/mol. The van der Waals surface area contributed by atoms with E-state index in [1.165, 1.54) is 135 Å². The quantitative estimate of drug-likeness (QED) is 0.213. The van der Waals surface area contributed by atoms with Crippen molar-refractivity contribution in [1.82, 2.24) is 0 Å². The zero-order valence-electron chi connectivity index (χ0n) is 18.3. The van der Waals surface area contributed by atoms with Gasteiger partial charge in [-0.2, -0.15) is 0 Å². The third-order valence-electron chi connectivity index (χ3n) is 5.65. The van der Waals surface area contributed by atoms with Gasteiger partial charge >= 0.3 is 0 Å². The number of nitrogens with one attached hydrogen (secondary N) is 1. The van der Waals surface area contributed by atoms with Gasteiger partial charge in [0, 0.05) is 0 Å². The molecular weight excluding hydrogens is 302 g/mol. The fourth-order valence-electron chi connectivity index (χ4n) is 3.84. The summed E-state index contributed by atoms with van der Waals surface area (Å²) in [7, 11) is 0. The first kappa shape index (κ1) is 25.0. The fourth-order valence-corrected chi connectivity index (χ4v) is 3.84. The van der Waals surface area contributed by atoms with Crippen molar-refractivity contribution >= 4 is 0 Å². The van der Waals surface area contributed by atoms with Crippen LogP contribution in [0.2, 0.25) is 0 Å². The second-order valence-electron chi connectivity index (χ2n) is 8.30. The van der Waals surface area contributed by atoms with Crippen molar-refractivity contribution in [2.45, 2.75) is 136 Å². The van der Waals surface area contributed by atoms with Gasteiger partial charge in [0.25, 0.3) is 0 Å². The molecule has 0 amide bonds. The Morgan fingerprint density at radius 3 is 0.840 bits per heavy atom. The first-order valence-corrected chi connectivity index (χ1v) is 12.2. The molecule has 0 heterocycles. The Hall–Kier alpha value is -0.0400. The van der Waals surface area contributed by atoms with Gasteiger partial charge in [0.2, 0.25) is 0 Å². The normalized spacial score (nSPS) is 11.5. The van der Waals surface area contributed by atoms with Gasteiger partial charge in [-0.3, -0.25) is 0 Å². The summed E-state index contributed by atoms with van der Waals surface area (Å²) in [5.74, 6) is 0. The summed E-state index contributed by atoms with van der Waals surface area (Å²) in [4.78, 5) is 1.92. The summed E-state index contributed by atoms with van der Waals surface area (Å²) >= 11 is 0. The second-order valence-corrected chi connectivity index (χ2v) is 8.30. The molecule has 0 radical (unpaired) electrons. The highest BCUT2D eigenvalue weighted by Gasteiger charge is 2.08. The molecule has 0 aromatic rings. The van der Waals surface area contributed by atoms with Crippen molar-refractivity contribution in [2.75, 3.05) is 19.6 Å². The van der Waals surface area contributed by atoms with Crippen LogP contribution in [0.3, 0.4) is 0 Å². The van der Waals surface area contributed by atoms with Gasteiger partial charge < -0.3 is 4.90 Å². The van der Waals surface area contributed by atoms with Crippen molar-refractivity contribution in [3.05, 3.63) is 0 Å². The van der Waals surface area contributed by atoms with Crippen molar-refractivity contribution < 1.29 is 4.90 Å². The predicted octanol–water partition coefficient (Wildman–Crippen LogP) is 6.95. The summed E-state index contributed by atoms with van der Waals surface area (Å²) in [5, 5.41) is 0. The summed E-state index contributed by atoms with van der Waals surface area (Å²) in [6.07, 6.45) is 26.0.